The summed E-state index contributed by atoms with van der Waals surface area (Å²) in [7, 11) is 2.90. The van der Waals surface area contributed by atoms with Crippen molar-refractivity contribution in [1.29, 1.82) is 0 Å². The van der Waals surface area contributed by atoms with Gasteiger partial charge in [0.15, 0.2) is 11.5 Å². The molecule has 2 unspecified atom stereocenters. The topological polar surface area (TPSA) is 81.8 Å². The molecule has 6 heteroatoms. The third-order valence-corrected chi connectivity index (χ3v) is 3.33. The minimum absolute atomic E-state index is 0.0480. The Morgan fingerprint density at radius 1 is 1.15 bits per heavy atom. The molecule has 1 N–H and O–H groups in total. The lowest BCUT2D eigenvalue weighted by atomic mass is 9.83. The predicted octanol–water partition coefficient (Wildman–Crippen LogP) is 2.73. The second-order valence-electron chi connectivity index (χ2n) is 5.03. The van der Waals surface area contributed by atoms with Crippen LogP contribution < -0.4 is 9.47 Å². The van der Waals surface area contributed by atoms with Crippen LogP contribution in [0.3, 0.4) is 0 Å². The summed E-state index contributed by atoms with van der Waals surface area (Å²) in [5, 5.41) is 21.2. The first-order valence-corrected chi connectivity index (χ1v) is 6.41. The molecule has 0 bridgehead atoms. The van der Waals surface area contributed by atoms with E-state index in [0.29, 0.717) is 17.1 Å². The van der Waals surface area contributed by atoms with E-state index in [1.54, 1.807) is 13.0 Å². The van der Waals surface area contributed by atoms with E-state index in [2.05, 4.69) is 0 Å². The largest absolute Gasteiger partial charge is 0.493 e. The summed E-state index contributed by atoms with van der Waals surface area (Å²) in [5.74, 6) is 0.414. The average molecular weight is 283 g/mol. The van der Waals surface area contributed by atoms with Gasteiger partial charge in [-0.2, -0.15) is 0 Å². The fourth-order valence-electron chi connectivity index (χ4n) is 2.49. The normalized spacial score (nSPS) is 13.9. The minimum Gasteiger partial charge on any atom is -0.493 e. The lowest BCUT2D eigenvalue weighted by Gasteiger charge is -2.24. The molecule has 0 aliphatic carbocycles. The number of hydrogen-bond donors (Lipinski definition) is 1. The maximum absolute atomic E-state index is 11.3. The van der Waals surface area contributed by atoms with E-state index in [0.717, 1.165) is 0 Å². The van der Waals surface area contributed by atoms with E-state index in [4.69, 9.17) is 9.47 Å². The fourth-order valence-corrected chi connectivity index (χ4v) is 2.49. The molecule has 0 saturated carbocycles. The van der Waals surface area contributed by atoms with E-state index in [1.165, 1.54) is 20.3 Å². The highest BCUT2D eigenvalue weighted by Gasteiger charge is 2.30. The summed E-state index contributed by atoms with van der Waals surface area (Å²) in [5.41, 5.74) is 0.389. The molecule has 0 aliphatic heterocycles. The Morgan fingerprint density at radius 2 is 1.65 bits per heavy atom. The lowest BCUT2D eigenvalue weighted by molar-refractivity contribution is -0.386. The summed E-state index contributed by atoms with van der Waals surface area (Å²) >= 11 is 0. The van der Waals surface area contributed by atoms with Crippen molar-refractivity contribution in [3.05, 3.63) is 27.8 Å². The van der Waals surface area contributed by atoms with Gasteiger partial charge in [0.2, 0.25) is 0 Å². The highest BCUT2D eigenvalue weighted by Crippen LogP contribution is 2.41. The first-order valence-electron chi connectivity index (χ1n) is 6.41. The lowest BCUT2D eigenvalue weighted by Crippen LogP contribution is -2.21. The molecule has 0 amide bonds. The van der Waals surface area contributed by atoms with Gasteiger partial charge in [0.05, 0.1) is 31.3 Å². The molecule has 112 valence electrons. The molecule has 0 saturated heterocycles. The number of benzene rings is 1. The number of nitro benzene ring substituents is 1. The van der Waals surface area contributed by atoms with Crippen LogP contribution in [0.1, 0.15) is 32.3 Å². The van der Waals surface area contributed by atoms with Crippen LogP contribution in [0, 0.1) is 16.0 Å². The number of nitro groups is 1. The number of ether oxygens (including phenoxy) is 2. The van der Waals surface area contributed by atoms with Crippen LogP contribution in [0.4, 0.5) is 5.69 Å². The van der Waals surface area contributed by atoms with Crippen LogP contribution in [0.25, 0.3) is 0 Å². The van der Waals surface area contributed by atoms with Crippen molar-refractivity contribution >= 4 is 5.69 Å². The first kappa shape index (κ1) is 16.2. The summed E-state index contributed by atoms with van der Waals surface area (Å²) in [6.07, 6.45) is -0.702. The molecule has 20 heavy (non-hydrogen) atoms. The van der Waals surface area contributed by atoms with E-state index in [-0.39, 0.29) is 17.5 Å². The summed E-state index contributed by atoms with van der Waals surface area (Å²) in [4.78, 5) is 10.8. The standard InChI is InChI=1S/C14H21NO5/c1-8(2)14(9(3)16)10-6-12(19-4)13(20-5)7-11(10)15(17)18/h6-9,14,16H,1-5H3. The summed E-state index contributed by atoms with van der Waals surface area (Å²) in [6.45, 7) is 5.46. The van der Waals surface area contributed by atoms with Crippen LogP contribution in [0.15, 0.2) is 12.1 Å². The molecular formula is C14H21NO5. The third-order valence-electron chi connectivity index (χ3n) is 3.33. The Labute approximate surface area is 118 Å². The van der Waals surface area contributed by atoms with Gasteiger partial charge in [0.25, 0.3) is 5.69 Å². The zero-order valence-electron chi connectivity index (χ0n) is 12.4. The molecule has 1 aromatic rings. The molecule has 0 heterocycles. The van der Waals surface area contributed by atoms with Gasteiger partial charge < -0.3 is 14.6 Å². The van der Waals surface area contributed by atoms with E-state index >= 15 is 0 Å². The van der Waals surface area contributed by atoms with Crippen molar-refractivity contribution in [3.8, 4) is 11.5 Å². The number of methoxy groups -OCH3 is 2. The minimum atomic E-state index is -0.702. The molecule has 0 aromatic heterocycles. The quantitative estimate of drug-likeness (QED) is 0.641. The van der Waals surface area contributed by atoms with Crippen molar-refractivity contribution in [3.63, 3.8) is 0 Å². The molecule has 6 nitrogen and oxygen atoms in total. The number of aliphatic hydroxyl groups is 1. The van der Waals surface area contributed by atoms with Crippen LogP contribution in [0.5, 0.6) is 11.5 Å². The van der Waals surface area contributed by atoms with E-state index < -0.39 is 11.0 Å². The SMILES string of the molecule is COc1cc(C(C(C)C)C(C)O)c([N+](=O)[O-])cc1OC. The Morgan fingerprint density at radius 3 is 2.00 bits per heavy atom. The Hall–Kier alpha value is -1.82. The fraction of sp³-hybridized carbons (Fsp3) is 0.571. The van der Waals surface area contributed by atoms with Gasteiger partial charge in [-0.1, -0.05) is 13.8 Å². The van der Waals surface area contributed by atoms with Gasteiger partial charge in [-0.15, -0.1) is 0 Å². The van der Waals surface area contributed by atoms with Gasteiger partial charge in [-0.25, -0.2) is 0 Å². The number of aliphatic hydroxyl groups excluding tert-OH is 1. The highest BCUT2D eigenvalue weighted by molar-refractivity contribution is 5.55. The highest BCUT2D eigenvalue weighted by atomic mass is 16.6. The van der Waals surface area contributed by atoms with Gasteiger partial charge in [-0.05, 0) is 18.9 Å². The molecule has 2 atom stereocenters. The van der Waals surface area contributed by atoms with Crippen LogP contribution >= 0.6 is 0 Å². The zero-order valence-corrected chi connectivity index (χ0v) is 12.4. The summed E-state index contributed by atoms with van der Waals surface area (Å²) in [6, 6.07) is 2.92. The third kappa shape index (κ3) is 3.19. The van der Waals surface area contributed by atoms with Gasteiger partial charge in [0, 0.05) is 11.5 Å². The Bertz CT molecular complexity index is 477. The Kier molecular flexibility index (Phi) is 5.33. The molecule has 1 rings (SSSR count). The van der Waals surface area contributed by atoms with Crippen molar-refractivity contribution in [1.82, 2.24) is 0 Å². The van der Waals surface area contributed by atoms with Crippen molar-refractivity contribution < 1.29 is 19.5 Å². The zero-order chi connectivity index (χ0) is 15.4. The maximum Gasteiger partial charge on any atom is 0.276 e. The van der Waals surface area contributed by atoms with Crippen LogP contribution in [-0.2, 0) is 0 Å². The van der Waals surface area contributed by atoms with Crippen molar-refractivity contribution in [2.75, 3.05) is 14.2 Å². The first-order chi connectivity index (χ1) is 9.33. The van der Waals surface area contributed by atoms with Gasteiger partial charge in [0.1, 0.15) is 0 Å². The molecule has 0 aliphatic rings. The summed E-state index contributed by atoms with van der Waals surface area (Å²) < 4.78 is 10.3. The van der Waals surface area contributed by atoms with Crippen molar-refractivity contribution in [2.45, 2.75) is 32.8 Å². The molecule has 0 spiro atoms. The number of rotatable bonds is 6. The molecule has 0 radical (unpaired) electrons. The number of nitrogens with zero attached hydrogens (tertiary/aromatic N) is 1. The van der Waals surface area contributed by atoms with Crippen LogP contribution in [-0.4, -0.2) is 30.4 Å². The van der Waals surface area contributed by atoms with Gasteiger partial charge in [-0.3, -0.25) is 10.1 Å². The van der Waals surface area contributed by atoms with E-state index in [1.807, 2.05) is 13.8 Å². The second kappa shape index (κ2) is 6.56. The molecular weight excluding hydrogens is 262 g/mol. The maximum atomic E-state index is 11.3. The Balaban J connectivity index is 3.53. The molecule has 1 aromatic carbocycles. The smallest absolute Gasteiger partial charge is 0.276 e. The average Bonchev–Trinajstić information content (AvgIpc) is 2.36. The predicted molar refractivity (Wildman–Crippen MR) is 75.5 cm³/mol. The second-order valence-corrected chi connectivity index (χ2v) is 5.03. The monoisotopic (exact) mass is 283 g/mol. The molecule has 0 fully saturated rings. The van der Waals surface area contributed by atoms with Crippen LogP contribution in [0.2, 0.25) is 0 Å². The number of hydrogen-bond acceptors (Lipinski definition) is 5. The van der Waals surface area contributed by atoms with E-state index in [9.17, 15) is 15.2 Å². The van der Waals surface area contributed by atoms with Crippen molar-refractivity contribution in [2.24, 2.45) is 5.92 Å². The van der Waals surface area contributed by atoms with Gasteiger partial charge >= 0.3 is 0 Å².